The number of rotatable bonds is 3. The molecule has 0 aromatic carbocycles. The number of hydrogen-bond donors (Lipinski definition) is 1. The van der Waals surface area contributed by atoms with E-state index in [1.165, 1.54) is 44.9 Å². The molecule has 0 radical (unpaired) electrons. The number of hydrogen-bond acceptors (Lipinski definition) is 2. The van der Waals surface area contributed by atoms with Crippen molar-refractivity contribution in [3.63, 3.8) is 0 Å². The zero-order chi connectivity index (χ0) is 15.0. The number of aryl methyl sites for hydroxylation is 2. The van der Waals surface area contributed by atoms with Crippen molar-refractivity contribution in [3.05, 3.63) is 16.4 Å². The van der Waals surface area contributed by atoms with Crippen LogP contribution in [0.2, 0.25) is 5.15 Å². The Hall–Kier alpha value is -0.540. The van der Waals surface area contributed by atoms with Crippen molar-refractivity contribution in [3.8, 4) is 0 Å². The topological polar surface area (TPSA) is 38.0 Å². The summed E-state index contributed by atoms with van der Waals surface area (Å²) in [6, 6.07) is 0. The van der Waals surface area contributed by atoms with Gasteiger partial charge in [-0.05, 0) is 43.9 Å². The summed E-state index contributed by atoms with van der Waals surface area (Å²) in [6.07, 6.45) is 9.68. The van der Waals surface area contributed by atoms with Crippen molar-refractivity contribution in [2.75, 3.05) is 0 Å². The van der Waals surface area contributed by atoms with Crippen LogP contribution in [-0.4, -0.2) is 21.0 Å². The lowest BCUT2D eigenvalue weighted by Gasteiger charge is -2.40. The van der Waals surface area contributed by atoms with E-state index in [9.17, 15) is 5.11 Å². The highest BCUT2D eigenvalue weighted by Crippen LogP contribution is 2.44. The first kappa shape index (κ1) is 15.4. The molecule has 2 aliphatic rings. The first-order chi connectivity index (χ1) is 10.1. The summed E-state index contributed by atoms with van der Waals surface area (Å²) in [7, 11) is 1.86. The summed E-state index contributed by atoms with van der Waals surface area (Å²) in [6.45, 7) is 1.98. The smallest absolute Gasteiger partial charge is 0.130 e. The van der Waals surface area contributed by atoms with Gasteiger partial charge >= 0.3 is 0 Å². The lowest BCUT2D eigenvalue weighted by atomic mass is 9.66. The van der Waals surface area contributed by atoms with Crippen molar-refractivity contribution < 1.29 is 5.11 Å². The van der Waals surface area contributed by atoms with Crippen LogP contribution in [0.3, 0.4) is 0 Å². The molecule has 0 aliphatic heterocycles. The zero-order valence-electron chi connectivity index (χ0n) is 13.2. The predicted octanol–water partition coefficient (Wildman–Crippen LogP) is 3.89. The van der Waals surface area contributed by atoms with Crippen LogP contribution in [-0.2, 0) is 13.5 Å². The van der Waals surface area contributed by atoms with Gasteiger partial charge in [0.1, 0.15) is 5.15 Å². The van der Waals surface area contributed by atoms with Crippen molar-refractivity contribution in [1.82, 2.24) is 9.78 Å². The third kappa shape index (κ3) is 3.14. The standard InChI is InChI=1S/C17H27ClN2O/c1-11-15(17(18)20(2)19-11)10-16(21)14-8-7-12-5-3-4-6-13(12)9-14/h12-14,16,21H,3-10H2,1-2H3. The van der Waals surface area contributed by atoms with E-state index in [0.29, 0.717) is 17.5 Å². The molecule has 1 heterocycles. The molecule has 2 aliphatic carbocycles. The quantitative estimate of drug-likeness (QED) is 0.919. The summed E-state index contributed by atoms with van der Waals surface area (Å²) >= 11 is 6.30. The Labute approximate surface area is 132 Å². The van der Waals surface area contributed by atoms with Crippen LogP contribution in [0.15, 0.2) is 0 Å². The van der Waals surface area contributed by atoms with Gasteiger partial charge in [-0.1, -0.05) is 37.3 Å². The van der Waals surface area contributed by atoms with Crippen LogP contribution in [0.4, 0.5) is 0 Å². The van der Waals surface area contributed by atoms with Crippen LogP contribution >= 0.6 is 11.6 Å². The Balaban J connectivity index is 1.64. The highest BCUT2D eigenvalue weighted by molar-refractivity contribution is 6.30. The fourth-order valence-corrected chi connectivity index (χ4v) is 4.79. The van der Waals surface area contributed by atoms with E-state index >= 15 is 0 Å². The van der Waals surface area contributed by atoms with Gasteiger partial charge in [0.2, 0.25) is 0 Å². The molecule has 21 heavy (non-hydrogen) atoms. The summed E-state index contributed by atoms with van der Waals surface area (Å²) in [4.78, 5) is 0. The van der Waals surface area contributed by atoms with E-state index < -0.39 is 0 Å². The highest BCUT2D eigenvalue weighted by atomic mass is 35.5. The van der Waals surface area contributed by atoms with E-state index in [0.717, 1.165) is 23.1 Å². The van der Waals surface area contributed by atoms with Crippen molar-refractivity contribution in [1.29, 1.82) is 0 Å². The number of fused-ring (bicyclic) bond motifs is 1. The molecule has 118 valence electrons. The minimum atomic E-state index is -0.270. The molecule has 0 bridgehead atoms. The molecule has 3 rings (SSSR count). The van der Waals surface area contributed by atoms with Crippen LogP contribution in [0.25, 0.3) is 0 Å². The summed E-state index contributed by atoms with van der Waals surface area (Å²) in [5, 5.41) is 15.7. The SMILES string of the molecule is Cc1nn(C)c(Cl)c1CC(O)C1CCC2CCCCC2C1. The van der Waals surface area contributed by atoms with Gasteiger partial charge in [0.05, 0.1) is 11.8 Å². The number of aliphatic hydroxyl groups is 1. The average Bonchev–Trinajstić information content (AvgIpc) is 2.73. The lowest BCUT2D eigenvalue weighted by molar-refractivity contribution is 0.0360. The normalized spacial score (nSPS) is 31.0. The van der Waals surface area contributed by atoms with Crippen molar-refractivity contribution >= 4 is 11.6 Å². The number of aromatic nitrogens is 2. The van der Waals surface area contributed by atoms with Gasteiger partial charge < -0.3 is 5.11 Å². The van der Waals surface area contributed by atoms with Gasteiger partial charge in [-0.3, -0.25) is 4.68 Å². The molecule has 1 N–H and O–H groups in total. The molecule has 4 atom stereocenters. The van der Waals surface area contributed by atoms with Crippen LogP contribution in [0, 0.1) is 24.7 Å². The van der Waals surface area contributed by atoms with Gasteiger partial charge in [-0.15, -0.1) is 0 Å². The zero-order valence-corrected chi connectivity index (χ0v) is 13.9. The van der Waals surface area contributed by atoms with Crippen LogP contribution in [0.5, 0.6) is 0 Å². The van der Waals surface area contributed by atoms with Crippen molar-refractivity contribution in [2.45, 2.75) is 64.4 Å². The van der Waals surface area contributed by atoms with Gasteiger partial charge in [0.25, 0.3) is 0 Å². The molecule has 2 saturated carbocycles. The molecule has 4 heteroatoms. The van der Waals surface area contributed by atoms with Gasteiger partial charge in [0.15, 0.2) is 0 Å². The molecule has 1 aromatic rings. The summed E-state index contributed by atoms with van der Waals surface area (Å²) < 4.78 is 1.71. The second-order valence-corrected chi connectivity index (χ2v) is 7.49. The number of halogens is 1. The molecule has 0 saturated heterocycles. The maximum absolute atomic E-state index is 10.7. The van der Waals surface area contributed by atoms with E-state index in [1.54, 1.807) is 4.68 Å². The number of aliphatic hydroxyl groups excluding tert-OH is 1. The largest absolute Gasteiger partial charge is 0.392 e. The maximum atomic E-state index is 10.7. The van der Waals surface area contributed by atoms with E-state index in [-0.39, 0.29) is 6.10 Å². The molecular weight excluding hydrogens is 284 g/mol. The second kappa shape index (κ2) is 6.29. The summed E-state index contributed by atoms with van der Waals surface area (Å²) in [5.41, 5.74) is 1.98. The fraction of sp³-hybridized carbons (Fsp3) is 0.824. The van der Waals surface area contributed by atoms with Crippen LogP contribution in [0.1, 0.15) is 56.2 Å². The molecular formula is C17H27ClN2O. The fourth-order valence-electron chi connectivity index (χ4n) is 4.54. The first-order valence-electron chi connectivity index (χ1n) is 8.42. The third-order valence-corrected chi connectivity index (χ3v) is 6.28. The molecule has 4 unspecified atom stereocenters. The molecule has 0 amide bonds. The monoisotopic (exact) mass is 310 g/mol. The molecule has 0 spiro atoms. The highest BCUT2D eigenvalue weighted by Gasteiger charge is 2.35. The maximum Gasteiger partial charge on any atom is 0.130 e. The second-order valence-electron chi connectivity index (χ2n) is 7.13. The molecule has 2 fully saturated rings. The van der Waals surface area contributed by atoms with Gasteiger partial charge in [-0.2, -0.15) is 5.10 Å². The predicted molar refractivity (Wildman–Crippen MR) is 85.5 cm³/mol. The minimum absolute atomic E-state index is 0.270. The first-order valence-corrected chi connectivity index (χ1v) is 8.80. The van der Waals surface area contributed by atoms with Gasteiger partial charge in [-0.25, -0.2) is 0 Å². The van der Waals surface area contributed by atoms with Gasteiger partial charge in [0, 0.05) is 19.0 Å². The van der Waals surface area contributed by atoms with Crippen LogP contribution < -0.4 is 0 Å². The Morgan fingerprint density at radius 2 is 1.95 bits per heavy atom. The Morgan fingerprint density at radius 3 is 2.62 bits per heavy atom. The minimum Gasteiger partial charge on any atom is -0.392 e. The Bertz CT molecular complexity index is 499. The molecule has 3 nitrogen and oxygen atoms in total. The Kier molecular flexibility index (Phi) is 4.60. The molecule has 1 aromatic heterocycles. The van der Waals surface area contributed by atoms with Crippen molar-refractivity contribution in [2.24, 2.45) is 24.8 Å². The third-order valence-electron chi connectivity index (χ3n) is 5.81. The van der Waals surface area contributed by atoms with E-state index in [1.807, 2.05) is 14.0 Å². The van der Waals surface area contributed by atoms with E-state index in [2.05, 4.69) is 5.10 Å². The van der Waals surface area contributed by atoms with E-state index in [4.69, 9.17) is 11.6 Å². The lowest BCUT2D eigenvalue weighted by Crippen LogP contribution is -2.34. The Morgan fingerprint density at radius 1 is 1.24 bits per heavy atom. The summed E-state index contributed by atoms with van der Waals surface area (Å²) in [5.74, 6) is 2.24. The average molecular weight is 311 g/mol. The number of nitrogens with zero attached hydrogens (tertiary/aromatic N) is 2.